The van der Waals surface area contributed by atoms with Crippen molar-refractivity contribution in [3.63, 3.8) is 0 Å². The lowest BCUT2D eigenvalue weighted by Crippen LogP contribution is -2.24. The maximum Gasteiger partial charge on any atom is 0.243 e. The molecule has 2 rings (SSSR count). The van der Waals surface area contributed by atoms with Crippen molar-refractivity contribution in [2.75, 3.05) is 36.4 Å². The first-order valence-electron chi connectivity index (χ1n) is 6.35. The highest BCUT2D eigenvalue weighted by Crippen LogP contribution is 2.17. The molecule has 0 radical (unpaired) electrons. The van der Waals surface area contributed by atoms with Crippen molar-refractivity contribution in [1.29, 1.82) is 0 Å². The Morgan fingerprint density at radius 1 is 1.14 bits per heavy atom. The Morgan fingerprint density at radius 2 is 1.86 bits per heavy atom. The van der Waals surface area contributed by atoms with Crippen molar-refractivity contribution < 1.29 is 0 Å². The van der Waals surface area contributed by atoms with Crippen molar-refractivity contribution in [3.05, 3.63) is 34.3 Å². The van der Waals surface area contributed by atoms with E-state index in [0.29, 0.717) is 24.4 Å². The first kappa shape index (κ1) is 15.5. The molecule has 0 saturated heterocycles. The summed E-state index contributed by atoms with van der Waals surface area (Å²) in [4.78, 5) is 16.6. The van der Waals surface area contributed by atoms with Gasteiger partial charge in [0.25, 0.3) is 0 Å². The van der Waals surface area contributed by atoms with Crippen molar-refractivity contribution >= 4 is 33.8 Å². The third-order valence-electron chi connectivity index (χ3n) is 2.79. The van der Waals surface area contributed by atoms with Crippen LogP contribution in [-0.4, -0.2) is 36.1 Å². The number of halogens is 1. The lowest BCUT2D eigenvalue weighted by Gasteiger charge is -2.19. The van der Waals surface area contributed by atoms with E-state index in [4.69, 9.17) is 5.84 Å². The van der Waals surface area contributed by atoms with Crippen LogP contribution in [0.1, 0.15) is 5.56 Å². The number of nitrogen functional groups attached to an aromatic ring is 1. The standard InChI is InChI=1S/C13H18BrN7/c1-20(2)12-16-11(19-15)17-13(18-12)21(3)8-9-5-4-6-10(14)7-9/h4-7H,8,15H2,1-3H3,(H,16,17,18,19). The van der Waals surface area contributed by atoms with E-state index in [1.54, 1.807) is 4.90 Å². The number of rotatable bonds is 5. The first-order valence-corrected chi connectivity index (χ1v) is 7.14. The van der Waals surface area contributed by atoms with E-state index in [-0.39, 0.29) is 0 Å². The highest BCUT2D eigenvalue weighted by atomic mass is 79.9. The van der Waals surface area contributed by atoms with Crippen molar-refractivity contribution in [3.8, 4) is 0 Å². The molecule has 112 valence electrons. The number of aromatic nitrogens is 3. The molecule has 1 heterocycles. The smallest absolute Gasteiger partial charge is 0.243 e. The zero-order valence-electron chi connectivity index (χ0n) is 12.2. The second-order valence-electron chi connectivity index (χ2n) is 4.78. The zero-order valence-corrected chi connectivity index (χ0v) is 13.8. The predicted molar refractivity (Wildman–Crippen MR) is 88.2 cm³/mol. The number of benzene rings is 1. The summed E-state index contributed by atoms with van der Waals surface area (Å²) in [7, 11) is 5.66. The summed E-state index contributed by atoms with van der Waals surface area (Å²) in [5.74, 6) is 6.86. The van der Waals surface area contributed by atoms with Gasteiger partial charge in [0.2, 0.25) is 17.8 Å². The molecule has 7 nitrogen and oxygen atoms in total. The molecule has 0 fully saturated rings. The molecule has 0 amide bonds. The maximum absolute atomic E-state index is 5.41. The van der Waals surface area contributed by atoms with Crippen molar-refractivity contribution in [1.82, 2.24) is 15.0 Å². The molecule has 21 heavy (non-hydrogen) atoms. The van der Waals surface area contributed by atoms with E-state index in [0.717, 1.165) is 10.0 Å². The Hall–Kier alpha value is -1.93. The largest absolute Gasteiger partial charge is 0.347 e. The predicted octanol–water partition coefficient (Wildman–Crippen LogP) is 1.62. The SMILES string of the molecule is CN(C)c1nc(NN)nc(N(C)Cc2cccc(Br)c2)n1. The van der Waals surface area contributed by atoms with E-state index in [1.165, 1.54) is 0 Å². The minimum atomic E-state index is 0.338. The number of nitrogens with one attached hydrogen (secondary N) is 1. The number of hydrogen-bond acceptors (Lipinski definition) is 7. The van der Waals surface area contributed by atoms with Gasteiger partial charge in [-0.1, -0.05) is 28.1 Å². The van der Waals surface area contributed by atoms with Gasteiger partial charge in [-0.15, -0.1) is 0 Å². The average molecular weight is 352 g/mol. The quantitative estimate of drug-likeness (QED) is 0.625. The second-order valence-corrected chi connectivity index (χ2v) is 5.70. The summed E-state index contributed by atoms with van der Waals surface area (Å²) in [5.41, 5.74) is 3.62. The maximum atomic E-state index is 5.41. The lowest BCUT2D eigenvalue weighted by molar-refractivity contribution is 0.842. The van der Waals surface area contributed by atoms with Gasteiger partial charge in [-0.3, -0.25) is 5.43 Å². The van der Waals surface area contributed by atoms with Gasteiger partial charge in [-0.25, -0.2) is 5.84 Å². The molecule has 0 aliphatic heterocycles. The van der Waals surface area contributed by atoms with Gasteiger partial charge in [0, 0.05) is 32.2 Å². The monoisotopic (exact) mass is 351 g/mol. The molecule has 0 aliphatic carbocycles. The lowest BCUT2D eigenvalue weighted by atomic mass is 10.2. The van der Waals surface area contributed by atoms with Crippen LogP contribution in [0.2, 0.25) is 0 Å². The molecular weight excluding hydrogens is 334 g/mol. The summed E-state index contributed by atoms with van der Waals surface area (Å²) < 4.78 is 1.04. The highest BCUT2D eigenvalue weighted by Gasteiger charge is 2.11. The summed E-state index contributed by atoms with van der Waals surface area (Å²) >= 11 is 3.47. The van der Waals surface area contributed by atoms with E-state index >= 15 is 0 Å². The molecule has 0 spiro atoms. The van der Waals surface area contributed by atoms with E-state index in [1.807, 2.05) is 38.2 Å². The van der Waals surface area contributed by atoms with Gasteiger partial charge in [0.05, 0.1) is 0 Å². The third-order valence-corrected chi connectivity index (χ3v) is 3.28. The topological polar surface area (TPSA) is 83.2 Å². The van der Waals surface area contributed by atoms with E-state index in [2.05, 4.69) is 48.4 Å². The van der Waals surface area contributed by atoms with Gasteiger partial charge in [-0.05, 0) is 17.7 Å². The van der Waals surface area contributed by atoms with Gasteiger partial charge in [-0.2, -0.15) is 15.0 Å². The minimum absolute atomic E-state index is 0.338. The molecular formula is C13H18BrN7. The first-order chi connectivity index (χ1) is 9.99. The fourth-order valence-corrected chi connectivity index (χ4v) is 2.22. The van der Waals surface area contributed by atoms with Crippen LogP contribution in [0.15, 0.2) is 28.7 Å². The van der Waals surface area contributed by atoms with Crippen molar-refractivity contribution in [2.24, 2.45) is 5.84 Å². The number of nitrogens with zero attached hydrogens (tertiary/aromatic N) is 5. The molecule has 0 aliphatic rings. The Bertz CT molecular complexity index is 617. The second kappa shape index (κ2) is 6.68. The van der Waals surface area contributed by atoms with E-state index < -0.39 is 0 Å². The van der Waals surface area contributed by atoms with Crippen LogP contribution >= 0.6 is 15.9 Å². The van der Waals surface area contributed by atoms with E-state index in [9.17, 15) is 0 Å². The Balaban J connectivity index is 2.25. The van der Waals surface area contributed by atoms with Gasteiger partial charge >= 0.3 is 0 Å². The number of hydrazine groups is 1. The summed E-state index contributed by atoms with van der Waals surface area (Å²) in [6.07, 6.45) is 0. The van der Waals surface area contributed by atoms with Crippen LogP contribution in [0.5, 0.6) is 0 Å². The van der Waals surface area contributed by atoms with Crippen LogP contribution in [0.3, 0.4) is 0 Å². The van der Waals surface area contributed by atoms with Gasteiger partial charge in [0.15, 0.2) is 0 Å². The summed E-state index contributed by atoms with van der Waals surface area (Å²) in [6.45, 7) is 0.681. The molecule has 0 atom stereocenters. The molecule has 0 unspecified atom stereocenters. The third kappa shape index (κ3) is 4.02. The van der Waals surface area contributed by atoms with Crippen LogP contribution in [0, 0.1) is 0 Å². The normalized spacial score (nSPS) is 10.3. The Kier molecular flexibility index (Phi) is 4.92. The van der Waals surface area contributed by atoms with Crippen LogP contribution in [0.25, 0.3) is 0 Å². The number of nitrogens with two attached hydrogens (primary N) is 1. The van der Waals surface area contributed by atoms with Crippen LogP contribution in [-0.2, 0) is 6.54 Å². The Morgan fingerprint density at radius 3 is 2.48 bits per heavy atom. The summed E-state index contributed by atoms with van der Waals surface area (Å²) in [6, 6.07) is 8.11. The van der Waals surface area contributed by atoms with Crippen molar-refractivity contribution in [2.45, 2.75) is 6.54 Å². The fraction of sp³-hybridized carbons (Fsp3) is 0.308. The molecule has 0 bridgehead atoms. The van der Waals surface area contributed by atoms with Crippen LogP contribution < -0.4 is 21.1 Å². The Labute approximate surface area is 132 Å². The zero-order chi connectivity index (χ0) is 15.4. The summed E-state index contributed by atoms with van der Waals surface area (Å²) in [5, 5.41) is 0. The number of anilines is 3. The molecule has 8 heteroatoms. The molecule has 3 N–H and O–H groups in total. The number of hydrogen-bond donors (Lipinski definition) is 2. The van der Waals surface area contributed by atoms with Gasteiger partial charge < -0.3 is 9.80 Å². The average Bonchev–Trinajstić information content (AvgIpc) is 2.46. The molecule has 1 aromatic heterocycles. The van der Waals surface area contributed by atoms with Gasteiger partial charge in [0.1, 0.15) is 0 Å². The highest BCUT2D eigenvalue weighted by molar-refractivity contribution is 9.10. The molecule has 0 saturated carbocycles. The van der Waals surface area contributed by atoms with Crippen LogP contribution in [0.4, 0.5) is 17.8 Å². The molecule has 2 aromatic rings. The fourth-order valence-electron chi connectivity index (χ4n) is 1.77. The molecule has 1 aromatic carbocycles. The minimum Gasteiger partial charge on any atom is -0.347 e.